The van der Waals surface area contributed by atoms with Crippen LogP contribution < -0.4 is 18.9 Å². The lowest BCUT2D eigenvalue weighted by atomic mass is 10.0. The Bertz CT molecular complexity index is 2660. The van der Waals surface area contributed by atoms with Crippen LogP contribution >= 0.6 is 23.1 Å². The van der Waals surface area contributed by atoms with Crippen molar-refractivity contribution in [2.75, 3.05) is 24.7 Å². The lowest BCUT2D eigenvalue weighted by Gasteiger charge is -2.22. The van der Waals surface area contributed by atoms with Crippen molar-refractivity contribution < 1.29 is 27.0 Å². The van der Waals surface area contributed by atoms with Gasteiger partial charge in [0.15, 0.2) is 6.54 Å². The predicted molar refractivity (Wildman–Crippen MR) is 231 cm³/mol. The summed E-state index contributed by atoms with van der Waals surface area (Å²) in [6.45, 7) is 4.28. The summed E-state index contributed by atoms with van der Waals surface area (Å²) in [6, 6.07) is 49.7. The Balaban J connectivity index is 1.13. The number of thioether (sulfide) groups is 1. The first kappa shape index (κ1) is 38.2. The summed E-state index contributed by atoms with van der Waals surface area (Å²) >= 11 is 3.52. The molecule has 8 rings (SSSR count). The van der Waals surface area contributed by atoms with Gasteiger partial charge >= 0.3 is 0 Å². The van der Waals surface area contributed by atoms with E-state index in [1.54, 1.807) is 23.1 Å². The topological polar surface area (TPSA) is 82.8 Å². The molecule has 7 nitrogen and oxygen atoms in total. The first-order valence-corrected chi connectivity index (χ1v) is 21.8. The van der Waals surface area contributed by atoms with Gasteiger partial charge in [-0.05, 0) is 94.9 Å². The minimum Gasteiger partial charge on any atom is -0.744 e. The van der Waals surface area contributed by atoms with Gasteiger partial charge in [0.1, 0.15) is 39.5 Å². The number of nitrogens with zero attached hydrogens (tertiary/aromatic N) is 2. The molecule has 0 unspecified atom stereocenters. The molecular formula is C47H40N2O5S3. The third kappa shape index (κ3) is 9.00. The number of para-hydroxylation sites is 1. The van der Waals surface area contributed by atoms with Gasteiger partial charge in [0, 0.05) is 17.0 Å². The summed E-state index contributed by atoms with van der Waals surface area (Å²) in [6.07, 6.45) is 5.41. The Hall–Kier alpha value is -5.65. The van der Waals surface area contributed by atoms with Crippen molar-refractivity contribution in [2.24, 2.45) is 0 Å². The number of ether oxygens (including phenoxy) is 2. The molecule has 0 saturated heterocycles. The number of hydrogen-bond acceptors (Lipinski definition) is 8. The largest absolute Gasteiger partial charge is 0.744 e. The van der Waals surface area contributed by atoms with E-state index in [9.17, 15) is 13.0 Å². The third-order valence-electron chi connectivity index (χ3n) is 9.72. The van der Waals surface area contributed by atoms with Gasteiger partial charge in [0.05, 0.1) is 22.2 Å². The molecule has 2 heterocycles. The highest BCUT2D eigenvalue weighted by molar-refractivity contribution is 8.03. The molecule has 0 atom stereocenters. The standard InChI is InChI=1S/C47H40N2O5S3/c1-2-34(30-46-48(26-28-53-39-16-10-5-11-17-39)42-32-37(18-24-44(42)55-46)35-12-6-3-7-13-35)31-47-49(27-29-54-40-20-22-41(23-21-40)57(50,51)52)43-33-38(19-25-45(43)56-47)36-14-8-4-9-15-36/h3-25,30-33H,2,26-29H2,1H3. The number of aromatic nitrogens is 1. The molecule has 0 radical (unpaired) electrons. The molecule has 286 valence electrons. The van der Waals surface area contributed by atoms with E-state index in [4.69, 9.17) is 9.47 Å². The van der Waals surface area contributed by atoms with E-state index in [0.29, 0.717) is 32.1 Å². The van der Waals surface area contributed by atoms with Crippen molar-refractivity contribution in [1.29, 1.82) is 0 Å². The van der Waals surface area contributed by atoms with Crippen molar-refractivity contribution in [2.45, 2.75) is 29.7 Å². The molecule has 10 heteroatoms. The number of hydrogen-bond donors (Lipinski definition) is 0. The first-order valence-electron chi connectivity index (χ1n) is 18.8. The SMILES string of the molecule is CCC(=Cc1sc2ccc(-c3ccccc3)cc2[n+]1CCOc1ccccc1)C=C1Sc2ccc(-c3ccccc3)cc2N1CCOc1ccc(S(=O)(=O)[O-])cc1. The molecule has 0 saturated carbocycles. The maximum Gasteiger partial charge on any atom is 0.263 e. The maximum absolute atomic E-state index is 11.5. The third-order valence-corrected chi connectivity index (χ3v) is 12.8. The number of allylic oxidation sites excluding steroid dienone is 2. The summed E-state index contributed by atoms with van der Waals surface area (Å²) in [5.74, 6) is 1.34. The average Bonchev–Trinajstić information content (AvgIpc) is 3.77. The normalized spacial score (nSPS) is 13.6. The van der Waals surface area contributed by atoms with Crippen LogP contribution in [0.4, 0.5) is 5.69 Å². The summed E-state index contributed by atoms with van der Waals surface area (Å²) in [5, 5.41) is 2.23. The molecule has 0 aliphatic carbocycles. The van der Waals surface area contributed by atoms with Crippen molar-refractivity contribution in [3.63, 3.8) is 0 Å². The summed E-state index contributed by atoms with van der Waals surface area (Å²) in [4.78, 5) is 3.17. The zero-order valence-electron chi connectivity index (χ0n) is 31.3. The van der Waals surface area contributed by atoms with Crippen LogP contribution in [-0.4, -0.2) is 32.7 Å². The fourth-order valence-electron chi connectivity index (χ4n) is 6.79. The van der Waals surface area contributed by atoms with Crippen LogP contribution in [0.2, 0.25) is 0 Å². The Kier molecular flexibility index (Phi) is 11.6. The molecule has 1 aliphatic rings. The van der Waals surface area contributed by atoms with Gasteiger partial charge < -0.3 is 18.9 Å². The zero-order chi connectivity index (χ0) is 39.2. The van der Waals surface area contributed by atoms with Crippen LogP contribution in [0.5, 0.6) is 11.5 Å². The molecule has 1 aliphatic heterocycles. The predicted octanol–water partition coefficient (Wildman–Crippen LogP) is 10.8. The number of fused-ring (bicyclic) bond motifs is 2. The smallest absolute Gasteiger partial charge is 0.263 e. The van der Waals surface area contributed by atoms with Crippen molar-refractivity contribution in [3.8, 4) is 33.8 Å². The van der Waals surface area contributed by atoms with Gasteiger partial charge in [-0.3, -0.25) is 0 Å². The fraction of sp³-hybridized carbons (Fsp3) is 0.128. The first-order chi connectivity index (χ1) is 27.8. The molecule has 7 aromatic rings. The van der Waals surface area contributed by atoms with Gasteiger partial charge in [0.25, 0.3) is 5.01 Å². The number of thiazole rings is 1. The second-order valence-electron chi connectivity index (χ2n) is 13.4. The minimum absolute atomic E-state index is 0.280. The molecule has 0 N–H and O–H groups in total. The van der Waals surface area contributed by atoms with E-state index < -0.39 is 10.1 Å². The zero-order valence-corrected chi connectivity index (χ0v) is 33.7. The van der Waals surface area contributed by atoms with Crippen molar-refractivity contribution >= 4 is 55.2 Å². The van der Waals surface area contributed by atoms with Crippen LogP contribution in [0.1, 0.15) is 18.4 Å². The van der Waals surface area contributed by atoms with E-state index in [2.05, 4.69) is 101 Å². The van der Waals surface area contributed by atoms with Gasteiger partial charge in [-0.25, -0.2) is 8.42 Å². The van der Waals surface area contributed by atoms with Gasteiger partial charge in [-0.15, -0.1) is 0 Å². The molecule has 0 bridgehead atoms. The second kappa shape index (κ2) is 17.2. The second-order valence-corrected chi connectivity index (χ2v) is 16.9. The lowest BCUT2D eigenvalue weighted by Crippen LogP contribution is -2.38. The minimum atomic E-state index is -4.53. The maximum atomic E-state index is 11.5. The van der Waals surface area contributed by atoms with Crippen LogP contribution in [0.25, 0.3) is 38.5 Å². The molecule has 1 aromatic heterocycles. The van der Waals surface area contributed by atoms with Crippen LogP contribution in [0, 0.1) is 0 Å². The van der Waals surface area contributed by atoms with Crippen molar-refractivity contribution in [3.05, 3.63) is 173 Å². The number of anilines is 1. The Labute approximate surface area is 341 Å². The van der Waals surface area contributed by atoms with E-state index in [0.717, 1.165) is 43.9 Å². The fourth-order valence-corrected chi connectivity index (χ4v) is 9.55. The molecular weight excluding hydrogens is 769 g/mol. The number of benzene rings is 6. The van der Waals surface area contributed by atoms with Gasteiger partial charge in [-0.2, -0.15) is 4.57 Å². The van der Waals surface area contributed by atoms with Crippen LogP contribution in [0.15, 0.2) is 178 Å². The monoisotopic (exact) mass is 808 g/mol. The molecule has 0 amide bonds. The van der Waals surface area contributed by atoms with E-state index >= 15 is 0 Å². The summed E-state index contributed by atoms with van der Waals surface area (Å²) in [5.41, 5.74) is 8.07. The molecule has 0 spiro atoms. The van der Waals surface area contributed by atoms with Crippen molar-refractivity contribution in [1.82, 2.24) is 0 Å². The Morgan fingerprint density at radius 2 is 1.33 bits per heavy atom. The molecule has 6 aromatic carbocycles. The quantitative estimate of drug-likeness (QED) is 0.0799. The highest BCUT2D eigenvalue weighted by Gasteiger charge is 2.27. The lowest BCUT2D eigenvalue weighted by molar-refractivity contribution is -0.669. The number of rotatable bonds is 14. The van der Waals surface area contributed by atoms with E-state index in [-0.39, 0.29) is 4.90 Å². The average molecular weight is 809 g/mol. The summed E-state index contributed by atoms with van der Waals surface area (Å²) < 4.78 is 50.2. The highest BCUT2D eigenvalue weighted by Crippen LogP contribution is 2.48. The van der Waals surface area contributed by atoms with E-state index in [1.807, 2.05) is 54.6 Å². The molecule has 0 fully saturated rings. The molecule has 57 heavy (non-hydrogen) atoms. The van der Waals surface area contributed by atoms with Gasteiger partial charge in [0.2, 0.25) is 5.52 Å². The Morgan fingerprint density at radius 1 is 0.719 bits per heavy atom. The Morgan fingerprint density at radius 3 is 2.00 bits per heavy atom. The van der Waals surface area contributed by atoms with Crippen LogP contribution in [-0.2, 0) is 16.7 Å². The van der Waals surface area contributed by atoms with E-state index in [1.165, 1.54) is 51.2 Å². The van der Waals surface area contributed by atoms with Gasteiger partial charge in [-0.1, -0.05) is 121 Å². The summed E-state index contributed by atoms with van der Waals surface area (Å²) in [7, 11) is -4.53. The van der Waals surface area contributed by atoms with Crippen LogP contribution in [0.3, 0.4) is 0 Å². The highest BCUT2D eigenvalue weighted by atomic mass is 32.2.